The van der Waals surface area contributed by atoms with Crippen molar-refractivity contribution in [2.24, 2.45) is 0 Å². The molecule has 0 spiro atoms. The van der Waals surface area contributed by atoms with Crippen molar-refractivity contribution < 1.29 is 5.11 Å². The van der Waals surface area contributed by atoms with E-state index in [2.05, 4.69) is 13.0 Å². The van der Waals surface area contributed by atoms with Crippen LogP contribution in [0.2, 0.25) is 10.0 Å². The Morgan fingerprint density at radius 3 is 2.65 bits per heavy atom. The molecular weight excluding hydrogens is 291 g/mol. The third-order valence-electron chi connectivity index (χ3n) is 4.25. The lowest BCUT2D eigenvalue weighted by Crippen LogP contribution is -2.33. The zero-order chi connectivity index (χ0) is 14.3. The van der Waals surface area contributed by atoms with Gasteiger partial charge in [0.2, 0.25) is 0 Å². The fraction of sp³-hybridized carbons (Fsp3) is 0.294. The molecule has 3 rings (SSSR count). The fourth-order valence-corrected chi connectivity index (χ4v) is 3.56. The molecule has 2 atom stereocenters. The average molecular weight is 307 g/mol. The van der Waals surface area contributed by atoms with E-state index in [1.165, 1.54) is 5.56 Å². The van der Waals surface area contributed by atoms with Gasteiger partial charge in [-0.05, 0) is 48.1 Å². The topological polar surface area (TPSA) is 20.2 Å². The smallest absolute Gasteiger partial charge is 0.116 e. The van der Waals surface area contributed by atoms with Crippen molar-refractivity contribution in [2.75, 3.05) is 0 Å². The van der Waals surface area contributed by atoms with Crippen molar-refractivity contribution in [3.63, 3.8) is 0 Å². The molecule has 0 fully saturated rings. The zero-order valence-corrected chi connectivity index (χ0v) is 12.7. The molecule has 0 radical (unpaired) electrons. The Morgan fingerprint density at radius 2 is 1.85 bits per heavy atom. The first-order valence-electron chi connectivity index (χ1n) is 6.79. The van der Waals surface area contributed by atoms with Crippen LogP contribution in [0.3, 0.4) is 0 Å². The van der Waals surface area contributed by atoms with Gasteiger partial charge in [-0.25, -0.2) is 0 Å². The number of hydrogen-bond acceptors (Lipinski definition) is 1. The standard InChI is InChI=1S/C17H16Cl2O/c1-11-8-9-17(20,14-5-3-2-4-13(11)14)15-10-12(18)6-7-16(15)19/h2-7,10-11,20H,8-9H2,1H3. The minimum atomic E-state index is -1.05. The predicted octanol–water partition coefficient (Wildman–Crippen LogP) is 5.13. The van der Waals surface area contributed by atoms with Gasteiger partial charge < -0.3 is 5.11 Å². The van der Waals surface area contributed by atoms with Crippen LogP contribution in [0.5, 0.6) is 0 Å². The summed E-state index contributed by atoms with van der Waals surface area (Å²) in [6, 6.07) is 13.3. The van der Waals surface area contributed by atoms with Crippen LogP contribution in [-0.2, 0) is 5.60 Å². The third kappa shape index (κ3) is 2.14. The Hall–Kier alpha value is -1.02. The van der Waals surface area contributed by atoms with Crippen LogP contribution in [0.4, 0.5) is 0 Å². The Morgan fingerprint density at radius 1 is 1.10 bits per heavy atom. The number of fused-ring (bicyclic) bond motifs is 1. The van der Waals surface area contributed by atoms with Gasteiger partial charge in [0.1, 0.15) is 5.60 Å². The van der Waals surface area contributed by atoms with Gasteiger partial charge in [0.15, 0.2) is 0 Å². The lowest BCUT2D eigenvalue weighted by atomic mass is 9.71. The molecule has 3 heteroatoms. The second kappa shape index (κ2) is 5.07. The second-order valence-electron chi connectivity index (χ2n) is 5.51. The number of benzene rings is 2. The van der Waals surface area contributed by atoms with E-state index in [0.717, 1.165) is 12.0 Å². The van der Waals surface area contributed by atoms with Crippen molar-refractivity contribution in [2.45, 2.75) is 31.3 Å². The first kappa shape index (κ1) is 13.9. The molecule has 0 saturated heterocycles. The molecule has 1 aliphatic carbocycles. The maximum Gasteiger partial charge on any atom is 0.116 e. The first-order valence-corrected chi connectivity index (χ1v) is 7.55. The Balaban J connectivity index is 2.22. The van der Waals surface area contributed by atoms with Crippen LogP contribution in [0.1, 0.15) is 42.4 Å². The summed E-state index contributed by atoms with van der Waals surface area (Å²) in [5.74, 6) is 0.449. The van der Waals surface area contributed by atoms with E-state index >= 15 is 0 Å². The van der Waals surface area contributed by atoms with E-state index < -0.39 is 5.60 Å². The zero-order valence-electron chi connectivity index (χ0n) is 11.2. The van der Waals surface area contributed by atoms with Crippen molar-refractivity contribution in [3.8, 4) is 0 Å². The van der Waals surface area contributed by atoms with Gasteiger partial charge in [-0.1, -0.05) is 54.4 Å². The van der Waals surface area contributed by atoms with Crippen LogP contribution in [0.15, 0.2) is 42.5 Å². The minimum Gasteiger partial charge on any atom is -0.380 e. The van der Waals surface area contributed by atoms with Crippen molar-refractivity contribution >= 4 is 23.2 Å². The Labute approximate surface area is 129 Å². The molecule has 20 heavy (non-hydrogen) atoms. The van der Waals surface area contributed by atoms with E-state index in [-0.39, 0.29) is 0 Å². The van der Waals surface area contributed by atoms with Gasteiger partial charge in [-0.15, -0.1) is 0 Å². The average Bonchev–Trinajstić information content (AvgIpc) is 2.46. The highest BCUT2D eigenvalue weighted by atomic mass is 35.5. The SMILES string of the molecule is CC1CCC(O)(c2cc(Cl)ccc2Cl)c2ccccc21. The van der Waals surface area contributed by atoms with E-state index in [1.807, 2.05) is 18.2 Å². The molecule has 2 aromatic carbocycles. The van der Waals surface area contributed by atoms with E-state index in [0.29, 0.717) is 27.9 Å². The number of rotatable bonds is 1. The summed E-state index contributed by atoms with van der Waals surface area (Å²) in [4.78, 5) is 0. The second-order valence-corrected chi connectivity index (χ2v) is 6.36. The molecule has 0 aliphatic heterocycles. The van der Waals surface area contributed by atoms with Crippen LogP contribution in [-0.4, -0.2) is 5.11 Å². The molecule has 2 unspecified atom stereocenters. The molecule has 104 valence electrons. The Bertz CT molecular complexity index is 653. The fourth-order valence-electron chi connectivity index (χ4n) is 3.11. The number of hydrogen-bond donors (Lipinski definition) is 1. The summed E-state index contributed by atoms with van der Waals surface area (Å²) in [6.07, 6.45) is 1.58. The van der Waals surface area contributed by atoms with Crippen LogP contribution in [0.25, 0.3) is 0 Å². The van der Waals surface area contributed by atoms with Gasteiger partial charge in [0.25, 0.3) is 0 Å². The number of aliphatic hydroxyl groups is 1. The summed E-state index contributed by atoms with van der Waals surface area (Å²) in [6.45, 7) is 2.19. The minimum absolute atomic E-state index is 0.449. The summed E-state index contributed by atoms with van der Waals surface area (Å²) in [5, 5.41) is 12.4. The molecule has 0 bridgehead atoms. The van der Waals surface area contributed by atoms with Crippen molar-refractivity contribution in [1.29, 1.82) is 0 Å². The lowest BCUT2D eigenvalue weighted by molar-refractivity contribution is 0.0580. The summed E-state index contributed by atoms with van der Waals surface area (Å²) < 4.78 is 0. The van der Waals surface area contributed by atoms with Crippen LogP contribution >= 0.6 is 23.2 Å². The summed E-state index contributed by atoms with van der Waals surface area (Å²) >= 11 is 12.4. The quantitative estimate of drug-likeness (QED) is 0.774. The number of halogens is 2. The lowest BCUT2D eigenvalue weighted by Gasteiger charge is -2.38. The van der Waals surface area contributed by atoms with E-state index in [1.54, 1.807) is 18.2 Å². The molecule has 1 aliphatic rings. The molecule has 2 aromatic rings. The molecule has 1 nitrogen and oxygen atoms in total. The van der Waals surface area contributed by atoms with Gasteiger partial charge in [-0.2, -0.15) is 0 Å². The molecule has 0 amide bonds. The highest BCUT2D eigenvalue weighted by molar-refractivity contribution is 6.33. The molecule has 0 saturated carbocycles. The molecule has 0 aromatic heterocycles. The molecule has 0 heterocycles. The van der Waals surface area contributed by atoms with Crippen molar-refractivity contribution in [1.82, 2.24) is 0 Å². The Kier molecular flexibility index (Phi) is 3.53. The summed E-state index contributed by atoms with van der Waals surface area (Å²) in [7, 11) is 0. The van der Waals surface area contributed by atoms with Gasteiger partial charge >= 0.3 is 0 Å². The maximum absolute atomic E-state index is 11.3. The largest absolute Gasteiger partial charge is 0.380 e. The predicted molar refractivity (Wildman–Crippen MR) is 83.6 cm³/mol. The third-order valence-corrected chi connectivity index (χ3v) is 4.82. The van der Waals surface area contributed by atoms with Crippen LogP contribution in [0, 0.1) is 0 Å². The van der Waals surface area contributed by atoms with Crippen LogP contribution < -0.4 is 0 Å². The highest BCUT2D eigenvalue weighted by Crippen LogP contribution is 2.47. The van der Waals surface area contributed by atoms with Crippen molar-refractivity contribution in [3.05, 3.63) is 69.2 Å². The monoisotopic (exact) mass is 306 g/mol. The first-order chi connectivity index (χ1) is 9.52. The van der Waals surface area contributed by atoms with Gasteiger partial charge in [0, 0.05) is 15.6 Å². The van der Waals surface area contributed by atoms with Gasteiger partial charge in [0.05, 0.1) is 0 Å². The van der Waals surface area contributed by atoms with E-state index in [4.69, 9.17) is 23.2 Å². The normalized spacial score (nSPS) is 25.3. The molecule has 1 N–H and O–H groups in total. The maximum atomic E-state index is 11.3. The highest BCUT2D eigenvalue weighted by Gasteiger charge is 2.39. The van der Waals surface area contributed by atoms with Gasteiger partial charge in [-0.3, -0.25) is 0 Å². The summed E-state index contributed by atoms with van der Waals surface area (Å²) in [5.41, 5.74) is 1.79. The molecular formula is C17H16Cl2O. The van der Waals surface area contributed by atoms with E-state index in [9.17, 15) is 5.11 Å².